The molecule has 94 valence electrons. The Morgan fingerprint density at radius 3 is 2.81 bits per heavy atom. The highest BCUT2D eigenvalue weighted by Gasteiger charge is 2.14. The van der Waals surface area contributed by atoms with Crippen molar-refractivity contribution in [2.75, 3.05) is 39.8 Å². The maximum absolute atomic E-state index is 11.1. The van der Waals surface area contributed by atoms with E-state index in [1.165, 1.54) is 33.0 Å². The van der Waals surface area contributed by atoms with Gasteiger partial charge in [-0.25, -0.2) is 0 Å². The SMILES string of the molecule is COC(=O)C(Br)CNCCCN1CCCC1. The van der Waals surface area contributed by atoms with Gasteiger partial charge < -0.3 is 15.0 Å². The molecule has 0 radical (unpaired) electrons. The van der Waals surface area contributed by atoms with Gasteiger partial charge in [0.05, 0.1) is 7.11 Å². The number of esters is 1. The number of hydrogen-bond donors (Lipinski definition) is 1. The highest BCUT2D eigenvalue weighted by atomic mass is 79.9. The van der Waals surface area contributed by atoms with Crippen molar-refractivity contribution < 1.29 is 9.53 Å². The van der Waals surface area contributed by atoms with E-state index in [1.54, 1.807) is 0 Å². The first-order valence-corrected chi connectivity index (χ1v) is 6.80. The molecule has 0 bridgehead atoms. The maximum atomic E-state index is 11.1. The predicted molar refractivity (Wildman–Crippen MR) is 67.9 cm³/mol. The van der Waals surface area contributed by atoms with Gasteiger partial charge in [0, 0.05) is 6.54 Å². The van der Waals surface area contributed by atoms with Crippen molar-refractivity contribution in [2.45, 2.75) is 24.1 Å². The van der Waals surface area contributed by atoms with Crippen LogP contribution in [-0.2, 0) is 9.53 Å². The van der Waals surface area contributed by atoms with Crippen LogP contribution >= 0.6 is 15.9 Å². The maximum Gasteiger partial charge on any atom is 0.320 e. The molecule has 4 nitrogen and oxygen atoms in total. The largest absolute Gasteiger partial charge is 0.468 e. The molecule has 0 spiro atoms. The molecule has 0 aromatic carbocycles. The Morgan fingerprint density at radius 2 is 2.19 bits per heavy atom. The number of ether oxygens (including phenoxy) is 1. The molecule has 0 aliphatic carbocycles. The van der Waals surface area contributed by atoms with Crippen LogP contribution in [0.3, 0.4) is 0 Å². The van der Waals surface area contributed by atoms with Gasteiger partial charge in [0.15, 0.2) is 0 Å². The lowest BCUT2D eigenvalue weighted by atomic mass is 10.3. The average Bonchev–Trinajstić information content (AvgIpc) is 2.80. The van der Waals surface area contributed by atoms with E-state index in [0.29, 0.717) is 6.54 Å². The summed E-state index contributed by atoms with van der Waals surface area (Å²) in [6, 6.07) is 0. The van der Waals surface area contributed by atoms with Crippen molar-refractivity contribution >= 4 is 21.9 Å². The number of halogens is 1. The first-order valence-electron chi connectivity index (χ1n) is 5.89. The third-order valence-corrected chi connectivity index (χ3v) is 3.50. The van der Waals surface area contributed by atoms with Crippen LogP contribution in [0.5, 0.6) is 0 Å². The van der Waals surface area contributed by atoms with Crippen LogP contribution in [0, 0.1) is 0 Å². The molecule has 1 rings (SSSR count). The Balaban J connectivity index is 1.92. The van der Waals surface area contributed by atoms with Crippen LogP contribution in [0.25, 0.3) is 0 Å². The van der Waals surface area contributed by atoms with Crippen molar-refractivity contribution in [3.8, 4) is 0 Å². The van der Waals surface area contributed by atoms with E-state index in [1.807, 2.05) is 0 Å². The number of nitrogens with one attached hydrogen (secondary N) is 1. The van der Waals surface area contributed by atoms with Crippen molar-refractivity contribution in [3.63, 3.8) is 0 Å². The number of likely N-dealkylation sites (tertiary alicyclic amines) is 1. The first-order chi connectivity index (χ1) is 7.74. The van der Waals surface area contributed by atoms with Gasteiger partial charge >= 0.3 is 5.97 Å². The first kappa shape index (κ1) is 13.9. The Kier molecular flexibility index (Phi) is 7.00. The highest BCUT2D eigenvalue weighted by molar-refractivity contribution is 9.10. The molecule has 0 saturated carbocycles. The predicted octanol–water partition coefficient (Wildman–Crippen LogP) is 0.998. The summed E-state index contributed by atoms with van der Waals surface area (Å²) < 4.78 is 4.62. The molecule has 1 heterocycles. The summed E-state index contributed by atoms with van der Waals surface area (Å²) in [5.41, 5.74) is 0. The lowest BCUT2D eigenvalue weighted by molar-refractivity contribution is -0.139. The number of hydrogen-bond acceptors (Lipinski definition) is 4. The summed E-state index contributed by atoms with van der Waals surface area (Å²) in [6.45, 7) is 5.26. The van der Waals surface area contributed by atoms with E-state index in [-0.39, 0.29) is 10.8 Å². The second kappa shape index (κ2) is 8.03. The van der Waals surface area contributed by atoms with Crippen molar-refractivity contribution in [2.24, 2.45) is 0 Å². The second-order valence-electron chi connectivity index (χ2n) is 4.10. The lowest BCUT2D eigenvalue weighted by Gasteiger charge is -2.14. The fraction of sp³-hybridized carbons (Fsp3) is 0.909. The van der Waals surface area contributed by atoms with Gasteiger partial charge in [-0.1, -0.05) is 15.9 Å². The molecule has 1 aliphatic rings. The van der Waals surface area contributed by atoms with Crippen LogP contribution in [0.1, 0.15) is 19.3 Å². The molecule has 0 amide bonds. The third-order valence-electron chi connectivity index (χ3n) is 2.81. The van der Waals surface area contributed by atoms with Crippen LogP contribution in [0.15, 0.2) is 0 Å². The summed E-state index contributed by atoms with van der Waals surface area (Å²) >= 11 is 3.27. The van der Waals surface area contributed by atoms with E-state index in [9.17, 15) is 4.79 Å². The van der Waals surface area contributed by atoms with Crippen LogP contribution in [-0.4, -0.2) is 55.5 Å². The van der Waals surface area contributed by atoms with E-state index in [4.69, 9.17) is 0 Å². The summed E-state index contributed by atoms with van der Waals surface area (Å²) in [4.78, 5) is 13.3. The molecule has 1 atom stereocenters. The topological polar surface area (TPSA) is 41.6 Å². The standard InChI is InChI=1S/C11H21BrN2O2/c1-16-11(15)10(12)9-13-5-4-8-14-6-2-3-7-14/h10,13H,2-9H2,1H3. The van der Waals surface area contributed by atoms with E-state index in [0.717, 1.165) is 19.5 Å². The van der Waals surface area contributed by atoms with E-state index < -0.39 is 0 Å². The number of alkyl halides is 1. The normalized spacial score (nSPS) is 18.6. The third kappa shape index (κ3) is 5.27. The van der Waals surface area contributed by atoms with Crippen LogP contribution < -0.4 is 5.32 Å². The minimum absolute atomic E-state index is 0.216. The molecule has 1 aliphatic heterocycles. The van der Waals surface area contributed by atoms with Crippen molar-refractivity contribution in [1.82, 2.24) is 10.2 Å². The Morgan fingerprint density at radius 1 is 1.50 bits per heavy atom. The number of rotatable bonds is 7. The Hall–Kier alpha value is -0.130. The molecular formula is C11H21BrN2O2. The van der Waals surface area contributed by atoms with Crippen LogP contribution in [0.4, 0.5) is 0 Å². The fourth-order valence-electron chi connectivity index (χ4n) is 1.87. The van der Waals surface area contributed by atoms with Crippen molar-refractivity contribution in [3.05, 3.63) is 0 Å². The van der Waals surface area contributed by atoms with E-state index >= 15 is 0 Å². The second-order valence-corrected chi connectivity index (χ2v) is 5.20. The molecule has 5 heteroatoms. The number of nitrogens with zero attached hydrogens (tertiary/aromatic N) is 1. The lowest BCUT2D eigenvalue weighted by Crippen LogP contribution is -2.32. The van der Waals surface area contributed by atoms with Crippen molar-refractivity contribution in [1.29, 1.82) is 0 Å². The van der Waals surface area contributed by atoms with Gasteiger partial charge in [0.25, 0.3) is 0 Å². The summed E-state index contributed by atoms with van der Waals surface area (Å²) in [7, 11) is 1.41. The van der Waals surface area contributed by atoms with Gasteiger partial charge in [0.2, 0.25) is 0 Å². The zero-order valence-electron chi connectivity index (χ0n) is 9.88. The zero-order valence-corrected chi connectivity index (χ0v) is 11.5. The quantitative estimate of drug-likeness (QED) is 0.432. The molecule has 0 aromatic rings. The van der Waals surface area contributed by atoms with Gasteiger partial charge in [-0.3, -0.25) is 4.79 Å². The molecule has 16 heavy (non-hydrogen) atoms. The molecule has 0 aromatic heterocycles. The summed E-state index contributed by atoms with van der Waals surface area (Å²) in [5.74, 6) is -0.216. The zero-order chi connectivity index (χ0) is 11.8. The number of carbonyl (C=O) groups is 1. The summed E-state index contributed by atoms with van der Waals surface area (Å²) in [6.07, 6.45) is 3.83. The van der Waals surface area contributed by atoms with Gasteiger partial charge in [0.1, 0.15) is 4.83 Å². The highest BCUT2D eigenvalue weighted by Crippen LogP contribution is 2.07. The Bertz CT molecular complexity index is 208. The monoisotopic (exact) mass is 292 g/mol. The molecule has 1 N–H and O–H groups in total. The molecule has 1 fully saturated rings. The number of carbonyl (C=O) groups excluding carboxylic acids is 1. The minimum Gasteiger partial charge on any atom is -0.468 e. The molecule has 1 unspecified atom stereocenters. The van der Waals surface area contributed by atoms with E-state index in [2.05, 4.69) is 30.9 Å². The van der Waals surface area contributed by atoms with Gasteiger partial charge in [-0.2, -0.15) is 0 Å². The summed E-state index contributed by atoms with van der Waals surface area (Å²) in [5, 5.41) is 3.25. The number of methoxy groups -OCH3 is 1. The minimum atomic E-state index is -0.232. The van der Waals surface area contributed by atoms with Crippen LogP contribution in [0.2, 0.25) is 0 Å². The van der Waals surface area contributed by atoms with Gasteiger partial charge in [-0.15, -0.1) is 0 Å². The smallest absolute Gasteiger partial charge is 0.320 e. The molecular weight excluding hydrogens is 272 g/mol. The Labute approximate surface area is 106 Å². The fourth-order valence-corrected chi connectivity index (χ4v) is 2.29. The van der Waals surface area contributed by atoms with Gasteiger partial charge in [-0.05, 0) is 45.4 Å². The average molecular weight is 293 g/mol. The molecule has 1 saturated heterocycles.